The average molecular weight is 405 g/mol. The largest absolute Gasteiger partial charge is 0.352 e. The van der Waals surface area contributed by atoms with Crippen LogP contribution in [0.15, 0.2) is 72.1 Å². The van der Waals surface area contributed by atoms with Gasteiger partial charge in [-0.25, -0.2) is 0 Å². The number of amides is 2. The molecule has 1 fully saturated rings. The molecule has 148 valence electrons. The molecule has 3 aromatic rings. The van der Waals surface area contributed by atoms with E-state index in [0.717, 1.165) is 21.7 Å². The Morgan fingerprint density at radius 3 is 2.52 bits per heavy atom. The van der Waals surface area contributed by atoms with Gasteiger partial charge in [0.25, 0.3) is 0 Å². The summed E-state index contributed by atoms with van der Waals surface area (Å²) in [5, 5.41) is 5.08. The summed E-state index contributed by atoms with van der Waals surface area (Å²) >= 11 is 1.59. The zero-order valence-corrected chi connectivity index (χ0v) is 17.2. The molecular formula is C24H24N2O2S. The van der Waals surface area contributed by atoms with Gasteiger partial charge in [-0.3, -0.25) is 9.59 Å². The first-order chi connectivity index (χ1) is 14.1. The van der Waals surface area contributed by atoms with E-state index < -0.39 is 0 Å². The van der Waals surface area contributed by atoms with E-state index in [-0.39, 0.29) is 23.8 Å². The fourth-order valence-corrected chi connectivity index (χ4v) is 4.76. The smallest absolute Gasteiger partial charge is 0.227 e. The van der Waals surface area contributed by atoms with Gasteiger partial charge in [-0.1, -0.05) is 54.1 Å². The van der Waals surface area contributed by atoms with E-state index in [1.54, 1.807) is 11.3 Å². The highest BCUT2D eigenvalue weighted by atomic mass is 32.1. The first-order valence-electron chi connectivity index (χ1n) is 9.87. The maximum atomic E-state index is 13.2. The topological polar surface area (TPSA) is 49.4 Å². The van der Waals surface area contributed by atoms with Crippen molar-refractivity contribution < 1.29 is 9.59 Å². The standard InChI is InChI=1S/C24H24N2O2S/c1-17-9-11-19(12-10-17)26-22(27)14-13-20(23(26)21-8-5-15-29-21)24(28)25-16-18-6-3-2-4-7-18/h2-12,15,20,23H,13-14,16H2,1H3,(H,25,28)/t20-,23-/m1/s1. The van der Waals surface area contributed by atoms with Crippen LogP contribution in [-0.2, 0) is 16.1 Å². The van der Waals surface area contributed by atoms with Crippen LogP contribution in [0.2, 0.25) is 0 Å². The van der Waals surface area contributed by atoms with Crippen molar-refractivity contribution in [3.63, 3.8) is 0 Å². The highest BCUT2D eigenvalue weighted by Crippen LogP contribution is 2.41. The fourth-order valence-electron chi connectivity index (χ4n) is 3.88. The molecule has 29 heavy (non-hydrogen) atoms. The Hall–Kier alpha value is -2.92. The molecule has 0 aliphatic carbocycles. The minimum Gasteiger partial charge on any atom is -0.352 e. The minimum absolute atomic E-state index is 0.00290. The van der Waals surface area contributed by atoms with Crippen LogP contribution in [0.5, 0.6) is 0 Å². The summed E-state index contributed by atoms with van der Waals surface area (Å²) in [4.78, 5) is 29.0. The molecule has 1 aliphatic rings. The van der Waals surface area contributed by atoms with Crippen molar-refractivity contribution >= 4 is 28.8 Å². The molecule has 5 heteroatoms. The number of hydrogen-bond donors (Lipinski definition) is 1. The van der Waals surface area contributed by atoms with Gasteiger partial charge in [0, 0.05) is 23.5 Å². The molecule has 0 unspecified atom stereocenters. The van der Waals surface area contributed by atoms with Crippen molar-refractivity contribution in [2.45, 2.75) is 32.4 Å². The molecule has 2 heterocycles. The summed E-state index contributed by atoms with van der Waals surface area (Å²) in [7, 11) is 0. The van der Waals surface area contributed by atoms with E-state index in [1.807, 2.05) is 83.9 Å². The Labute approximate surface area is 175 Å². The molecular weight excluding hydrogens is 380 g/mol. The Morgan fingerprint density at radius 1 is 1.07 bits per heavy atom. The molecule has 0 spiro atoms. The van der Waals surface area contributed by atoms with Crippen LogP contribution in [0.1, 0.15) is 34.9 Å². The summed E-state index contributed by atoms with van der Waals surface area (Å²) in [6.07, 6.45) is 0.934. The second-order valence-electron chi connectivity index (χ2n) is 7.41. The molecule has 2 aromatic carbocycles. The number of nitrogens with zero attached hydrogens (tertiary/aromatic N) is 1. The molecule has 4 rings (SSSR count). The third-order valence-electron chi connectivity index (χ3n) is 5.39. The van der Waals surface area contributed by atoms with Gasteiger partial charge in [0.1, 0.15) is 0 Å². The van der Waals surface area contributed by atoms with E-state index >= 15 is 0 Å². The summed E-state index contributed by atoms with van der Waals surface area (Å²) in [6, 6.07) is 21.6. The summed E-state index contributed by atoms with van der Waals surface area (Å²) in [5.74, 6) is -0.215. The van der Waals surface area contributed by atoms with Gasteiger partial charge in [-0.2, -0.15) is 0 Å². The molecule has 1 N–H and O–H groups in total. The average Bonchev–Trinajstić information content (AvgIpc) is 3.28. The van der Waals surface area contributed by atoms with E-state index in [9.17, 15) is 9.59 Å². The SMILES string of the molecule is Cc1ccc(N2C(=O)CC[C@@H](C(=O)NCc3ccccc3)[C@@H]2c2cccs2)cc1. The van der Waals surface area contributed by atoms with Gasteiger partial charge < -0.3 is 10.2 Å². The number of carbonyl (C=O) groups excluding carboxylic acids is 2. The summed E-state index contributed by atoms with van der Waals surface area (Å²) in [5.41, 5.74) is 3.05. The monoisotopic (exact) mass is 404 g/mol. The fraction of sp³-hybridized carbons (Fsp3) is 0.250. The van der Waals surface area contributed by atoms with Gasteiger partial charge in [0.05, 0.1) is 12.0 Å². The van der Waals surface area contributed by atoms with Crippen LogP contribution in [0.25, 0.3) is 0 Å². The zero-order chi connectivity index (χ0) is 20.2. The predicted octanol–water partition coefficient (Wildman–Crippen LogP) is 4.86. The van der Waals surface area contributed by atoms with E-state index in [2.05, 4.69) is 5.32 Å². The lowest BCUT2D eigenvalue weighted by Crippen LogP contribution is -2.48. The van der Waals surface area contributed by atoms with Crippen LogP contribution in [0, 0.1) is 12.8 Å². The molecule has 2 amide bonds. The summed E-state index contributed by atoms with van der Waals surface area (Å²) in [6.45, 7) is 2.52. The summed E-state index contributed by atoms with van der Waals surface area (Å²) < 4.78 is 0. The molecule has 1 saturated heterocycles. The highest BCUT2D eigenvalue weighted by Gasteiger charge is 2.41. The van der Waals surface area contributed by atoms with Crippen LogP contribution in [0.4, 0.5) is 5.69 Å². The van der Waals surface area contributed by atoms with Crippen molar-refractivity contribution in [2.24, 2.45) is 5.92 Å². The minimum atomic E-state index is -0.283. The van der Waals surface area contributed by atoms with E-state index in [0.29, 0.717) is 19.4 Å². The number of nitrogens with one attached hydrogen (secondary N) is 1. The zero-order valence-electron chi connectivity index (χ0n) is 16.4. The first-order valence-corrected chi connectivity index (χ1v) is 10.8. The number of piperidine rings is 1. The van der Waals surface area contributed by atoms with E-state index in [1.165, 1.54) is 0 Å². The van der Waals surface area contributed by atoms with Crippen molar-refractivity contribution in [1.82, 2.24) is 5.32 Å². The van der Waals surface area contributed by atoms with Gasteiger partial charge in [-0.05, 0) is 42.5 Å². The van der Waals surface area contributed by atoms with Crippen molar-refractivity contribution in [3.8, 4) is 0 Å². The molecule has 1 aliphatic heterocycles. The third kappa shape index (κ3) is 4.25. The normalized spacial score (nSPS) is 19.2. The van der Waals surface area contributed by atoms with E-state index in [4.69, 9.17) is 0 Å². The van der Waals surface area contributed by atoms with Crippen molar-refractivity contribution in [2.75, 3.05) is 4.90 Å². The second kappa shape index (κ2) is 8.62. The quantitative estimate of drug-likeness (QED) is 0.660. The lowest BCUT2D eigenvalue weighted by Gasteiger charge is -2.40. The maximum Gasteiger partial charge on any atom is 0.227 e. The number of hydrogen-bond acceptors (Lipinski definition) is 3. The molecule has 1 aromatic heterocycles. The Kier molecular flexibility index (Phi) is 5.76. The Morgan fingerprint density at radius 2 is 1.83 bits per heavy atom. The lowest BCUT2D eigenvalue weighted by atomic mass is 9.86. The van der Waals surface area contributed by atoms with Crippen molar-refractivity contribution in [1.29, 1.82) is 0 Å². The number of thiophene rings is 1. The van der Waals surface area contributed by atoms with Crippen LogP contribution >= 0.6 is 11.3 Å². The van der Waals surface area contributed by atoms with Gasteiger partial charge in [0.15, 0.2) is 0 Å². The van der Waals surface area contributed by atoms with Gasteiger partial charge >= 0.3 is 0 Å². The molecule has 0 saturated carbocycles. The molecule has 0 radical (unpaired) electrons. The maximum absolute atomic E-state index is 13.2. The van der Waals surface area contributed by atoms with Crippen LogP contribution in [-0.4, -0.2) is 11.8 Å². The first kappa shape index (κ1) is 19.4. The van der Waals surface area contributed by atoms with Gasteiger partial charge in [0.2, 0.25) is 11.8 Å². The predicted molar refractivity (Wildman–Crippen MR) is 117 cm³/mol. The number of anilines is 1. The molecule has 0 bridgehead atoms. The number of carbonyl (C=O) groups is 2. The molecule has 4 nitrogen and oxygen atoms in total. The number of rotatable bonds is 5. The second-order valence-corrected chi connectivity index (χ2v) is 8.39. The number of benzene rings is 2. The third-order valence-corrected chi connectivity index (χ3v) is 6.33. The number of aryl methyl sites for hydroxylation is 1. The van der Waals surface area contributed by atoms with Crippen LogP contribution < -0.4 is 10.2 Å². The molecule has 2 atom stereocenters. The highest BCUT2D eigenvalue weighted by molar-refractivity contribution is 7.10. The van der Waals surface area contributed by atoms with Crippen molar-refractivity contribution in [3.05, 3.63) is 88.1 Å². The lowest BCUT2D eigenvalue weighted by molar-refractivity contribution is -0.129. The Bertz CT molecular complexity index is 968. The van der Waals surface area contributed by atoms with Crippen LogP contribution in [0.3, 0.4) is 0 Å². The Balaban J connectivity index is 1.62. The van der Waals surface area contributed by atoms with Gasteiger partial charge in [-0.15, -0.1) is 11.3 Å².